The van der Waals surface area contributed by atoms with Crippen LogP contribution < -0.4 is 0 Å². The first-order valence-corrected chi connectivity index (χ1v) is 15.9. The third-order valence-corrected chi connectivity index (χ3v) is 10.3. The van der Waals surface area contributed by atoms with E-state index in [-0.39, 0.29) is 5.41 Å². The van der Waals surface area contributed by atoms with E-state index >= 15 is 0 Å². The lowest BCUT2D eigenvalue weighted by Crippen LogP contribution is -2.14. The molecule has 44 heavy (non-hydrogen) atoms. The lowest BCUT2D eigenvalue weighted by Gasteiger charge is -2.21. The van der Waals surface area contributed by atoms with Crippen molar-refractivity contribution in [2.45, 2.75) is 19.3 Å². The Labute approximate surface area is 260 Å². The molecule has 8 aromatic rings. The molecule has 0 atom stereocenters. The SMILES string of the molecule is CC1(C)c2ccccc2-c2cc3cc(-c4cccc(-c5nc6c(nc5-c5ccccc5)sc5ccccc56)c4)ccc3cc21. The molecule has 1 aliphatic carbocycles. The van der Waals surface area contributed by atoms with Gasteiger partial charge in [0.05, 0.1) is 11.4 Å². The number of fused-ring (bicyclic) bond motifs is 7. The maximum Gasteiger partial charge on any atom is 0.143 e. The van der Waals surface area contributed by atoms with Crippen molar-refractivity contribution in [2.24, 2.45) is 0 Å². The van der Waals surface area contributed by atoms with Gasteiger partial charge in [-0.2, -0.15) is 0 Å². The largest absolute Gasteiger partial charge is 0.242 e. The minimum absolute atomic E-state index is 0.000499. The van der Waals surface area contributed by atoms with Crippen molar-refractivity contribution in [1.29, 1.82) is 0 Å². The summed E-state index contributed by atoms with van der Waals surface area (Å²) in [6.07, 6.45) is 0. The van der Waals surface area contributed by atoms with Crippen LogP contribution in [0.4, 0.5) is 0 Å². The summed E-state index contributed by atoms with van der Waals surface area (Å²) < 4.78 is 1.21. The molecule has 0 radical (unpaired) electrons. The van der Waals surface area contributed by atoms with Crippen molar-refractivity contribution in [1.82, 2.24) is 9.97 Å². The van der Waals surface area contributed by atoms with Gasteiger partial charge in [0.1, 0.15) is 10.3 Å². The van der Waals surface area contributed by atoms with Gasteiger partial charge in [0.25, 0.3) is 0 Å². The Hall–Kier alpha value is -5.12. The number of aromatic nitrogens is 2. The van der Waals surface area contributed by atoms with Gasteiger partial charge in [-0.25, -0.2) is 9.97 Å². The molecule has 2 nitrogen and oxygen atoms in total. The lowest BCUT2D eigenvalue weighted by molar-refractivity contribution is 0.661. The fourth-order valence-corrected chi connectivity index (χ4v) is 8.01. The summed E-state index contributed by atoms with van der Waals surface area (Å²) in [5.41, 5.74) is 12.8. The van der Waals surface area contributed by atoms with E-state index < -0.39 is 0 Å². The van der Waals surface area contributed by atoms with Crippen molar-refractivity contribution in [2.75, 3.05) is 0 Å². The highest BCUT2D eigenvalue weighted by molar-refractivity contribution is 7.25. The van der Waals surface area contributed by atoms with E-state index in [2.05, 4.69) is 141 Å². The molecule has 9 rings (SSSR count). The average Bonchev–Trinajstić information content (AvgIpc) is 3.55. The molecule has 1 aliphatic rings. The predicted molar refractivity (Wildman–Crippen MR) is 186 cm³/mol. The van der Waals surface area contributed by atoms with Gasteiger partial charge in [0.2, 0.25) is 0 Å². The Bertz CT molecular complexity index is 2420. The second kappa shape index (κ2) is 9.44. The van der Waals surface area contributed by atoms with E-state index in [0.717, 1.165) is 38.2 Å². The number of hydrogen-bond donors (Lipinski definition) is 0. The highest BCUT2D eigenvalue weighted by Gasteiger charge is 2.35. The van der Waals surface area contributed by atoms with Crippen LogP contribution in [-0.4, -0.2) is 9.97 Å². The maximum atomic E-state index is 5.32. The number of hydrogen-bond acceptors (Lipinski definition) is 3. The third kappa shape index (κ3) is 3.79. The second-order valence-electron chi connectivity index (χ2n) is 12.2. The van der Waals surface area contributed by atoms with Crippen molar-refractivity contribution in [3.63, 3.8) is 0 Å². The van der Waals surface area contributed by atoms with Gasteiger partial charge in [-0.3, -0.25) is 0 Å². The second-order valence-corrected chi connectivity index (χ2v) is 13.3. The molecule has 0 spiro atoms. The summed E-state index contributed by atoms with van der Waals surface area (Å²) >= 11 is 1.71. The predicted octanol–water partition coefficient (Wildman–Crippen LogP) is 11.3. The summed E-state index contributed by atoms with van der Waals surface area (Å²) in [5.74, 6) is 0. The quantitative estimate of drug-likeness (QED) is 0.208. The van der Waals surface area contributed by atoms with Crippen LogP contribution in [0.3, 0.4) is 0 Å². The molecule has 0 fully saturated rings. The summed E-state index contributed by atoms with van der Waals surface area (Å²) in [6, 6.07) is 48.2. The van der Waals surface area contributed by atoms with Crippen LogP contribution in [-0.2, 0) is 5.41 Å². The highest BCUT2D eigenvalue weighted by Crippen LogP contribution is 2.50. The van der Waals surface area contributed by atoms with Crippen molar-refractivity contribution in [3.05, 3.63) is 145 Å². The van der Waals surface area contributed by atoms with E-state index in [4.69, 9.17) is 9.97 Å². The van der Waals surface area contributed by atoms with Crippen LogP contribution in [0.25, 0.3) is 76.0 Å². The smallest absolute Gasteiger partial charge is 0.143 e. The number of benzene rings is 6. The molecule has 0 saturated carbocycles. The van der Waals surface area contributed by atoms with Crippen LogP contribution in [0.15, 0.2) is 133 Å². The van der Waals surface area contributed by atoms with Crippen molar-refractivity contribution >= 4 is 42.5 Å². The minimum atomic E-state index is -0.000499. The Morgan fingerprint density at radius 3 is 2.14 bits per heavy atom. The first-order valence-electron chi connectivity index (χ1n) is 15.1. The summed E-state index contributed by atoms with van der Waals surface area (Å²) in [6.45, 7) is 4.68. The van der Waals surface area contributed by atoms with Crippen molar-refractivity contribution in [3.8, 4) is 44.8 Å². The highest BCUT2D eigenvalue weighted by atomic mass is 32.1. The lowest BCUT2D eigenvalue weighted by atomic mass is 9.82. The van der Waals surface area contributed by atoms with Gasteiger partial charge in [-0.15, -0.1) is 11.3 Å². The molecule has 0 bridgehead atoms. The molecule has 0 aliphatic heterocycles. The molecule has 0 N–H and O–H groups in total. The Morgan fingerprint density at radius 2 is 1.23 bits per heavy atom. The number of nitrogens with zero attached hydrogens (tertiary/aromatic N) is 2. The zero-order chi connectivity index (χ0) is 29.4. The third-order valence-electron chi connectivity index (χ3n) is 9.27. The van der Waals surface area contributed by atoms with Gasteiger partial charge in [-0.05, 0) is 74.5 Å². The normalized spacial score (nSPS) is 13.4. The molecule has 6 aromatic carbocycles. The van der Waals surface area contributed by atoms with Crippen LogP contribution in [0.2, 0.25) is 0 Å². The molecular formula is C41H28N2S. The minimum Gasteiger partial charge on any atom is -0.242 e. The molecule has 2 aromatic heterocycles. The van der Waals surface area contributed by atoms with Crippen LogP contribution >= 0.6 is 11.3 Å². The molecule has 208 valence electrons. The zero-order valence-corrected chi connectivity index (χ0v) is 25.3. The average molecular weight is 581 g/mol. The van der Waals surface area contributed by atoms with Crippen LogP contribution in [0.1, 0.15) is 25.0 Å². The first kappa shape index (κ1) is 25.4. The molecule has 0 unspecified atom stereocenters. The Kier molecular flexibility index (Phi) is 5.45. The standard InChI is InChI=1S/C41H28N2S/c1-41(2)34-17-8-6-15-31(34)33-23-30-22-27(19-20-28(30)24-35(33)41)26-13-10-14-29(21-26)38-37(25-11-4-3-5-12-25)43-40-39(42-38)32-16-7-9-18-36(32)44-40/h3-24H,1-2H3. The van der Waals surface area contributed by atoms with Crippen LogP contribution in [0.5, 0.6) is 0 Å². The van der Waals surface area contributed by atoms with Gasteiger partial charge < -0.3 is 0 Å². The van der Waals surface area contributed by atoms with Crippen molar-refractivity contribution < 1.29 is 0 Å². The topological polar surface area (TPSA) is 25.8 Å². The van der Waals surface area contributed by atoms with E-state index in [0.29, 0.717) is 0 Å². The van der Waals surface area contributed by atoms with Crippen LogP contribution in [0, 0.1) is 0 Å². The van der Waals surface area contributed by atoms with Gasteiger partial charge in [0, 0.05) is 26.6 Å². The maximum absolute atomic E-state index is 5.32. The summed E-state index contributed by atoms with van der Waals surface area (Å²) in [5, 5.41) is 3.69. The fraction of sp³-hybridized carbons (Fsp3) is 0.0732. The van der Waals surface area contributed by atoms with E-state index in [9.17, 15) is 0 Å². The van der Waals surface area contributed by atoms with E-state index in [1.54, 1.807) is 11.3 Å². The monoisotopic (exact) mass is 580 g/mol. The molecule has 0 amide bonds. The number of thiophene rings is 1. The molecule has 3 heteroatoms. The van der Waals surface area contributed by atoms with Gasteiger partial charge >= 0.3 is 0 Å². The van der Waals surface area contributed by atoms with E-state index in [1.165, 1.54) is 48.9 Å². The zero-order valence-electron chi connectivity index (χ0n) is 24.5. The summed E-state index contributed by atoms with van der Waals surface area (Å²) in [7, 11) is 0. The fourth-order valence-electron chi connectivity index (χ4n) is 6.99. The number of rotatable bonds is 3. The van der Waals surface area contributed by atoms with Gasteiger partial charge in [0.15, 0.2) is 0 Å². The Balaban J connectivity index is 1.21. The first-order chi connectivity index (χ1) is 21.5. The Morgan fingerprint density at radius 1 is 0.500 bits per heavy atom. The molecule has 2 heterocycles. The molecule has 0 saturated heterocycles. The van der Waals surface area contributed by atoms with E-state index in [1.807, 2.05) is 6.07 Å². The summed E-state index contributed by atoms with van der Waals surface area (Å²) in [4.78, 5) is 11.5. The molecular weight excluding hydrogens is 553 g/mol. The van der Waals surface area contributed by atoms with Gasteiger partial charge in [-0.1, -0.05) is 117 Å².